The quantitative estimate of drug-likeness (QED) is 0.424. The van der Waals surface area contributed by atoms with Crippen LogP contribution < -0.4 is 11.1 Å². The lowest BCUT2D eigenvalue weighted by Crippen LogP contribution is -2.44. The summed E-state index contributed by atoms with van der Waals surface area (Å²) in [6.45, 7) is 1.70. The van der Waals surface area contributed by atoms with Crippen LogP contribution in [0.2, 0.25) is 0 Å². The highest BCUT2D eigenvalue weighted by Gasteiger charge is 2.15. The van der Waals surface area contributed by atoms with Gasteiger partial charge in [-0.15, -0.1) is 0 Å². The van der Waals surface area contributed by atoms with E-state index in [1.165, 1.54) is 26.4 Å². The van der Waals surface area contributed by atoms with E-state index < -0.39 is 6.04 Å². The zero-order chi connectivity index (χ0) is 12.0. The van der Waals surface area contributed by atoms with E-state index in [0.717, 1.165) is 12.8 Å². The van der Waals surface area contributed by atoms with Gasteiger partial charge in [-0.2, -0.15) is 0 Å². The summed E-state index contributed by atoms with van der Waals surface area (Å²) >= 11 is 0. The third kappa shape index (κ3) is 4.08. The van der Waals surface area contributed by atoms with Crippen molar-refractivity contribution in [2.45, 2.75) is 51.1 Å². The number of hydrogen-bond donors (Lipinski definition) is 2. The second-order valence-electron chi connectivity index (χ2n) is 4.20. The highest BCUT2D eigenvalue weighted by Crippen LogP contribution is 2.19. The second kappa shape index (κ2) is 6.35. The van der Waals surface area contributed by atoms with Crippen molar-refractivity contribution in [3.05, 3.63) is 0 Å². The predicted octanol–water partition coefficient (Wildman–Crippen LogP) is 0.785. The van der Waals surface area contributed by atoms with Crippen molar-refractivity contribution >= 4 is 11.9 Å². The molecular weight excluding hydrogens is 206 g/mol. The molecule has 0 saturated heterocycles. The van der Waals surface area contributed by atoms with Gasteiger partial charge in [0.2, 0.25) is 0 Å². The molecule has 3 N–H and O–H groups in total. The first-order chi connectivity index (χ1) is 7.63. The molecule has 92 valence electrons. The molecule has 1 atom stereocenters. The standard InChI is InChI=1S/C11H21N3O2/c1-8(10(15)16-2)13-11(12)14-9-6-4-3-5-7-9/h8-9H,3-7H2,1-2H3,(H3,12,13,14). The Morgan fingerprint density at radius 3 is 2.62 bits per heavy atom. The Labute approximate surface area is 96.4 Å². The minimum atomic E-state index is -0.447. The zero-order valence-electron chi connectivity index (χ0n) is 10.0. The molecule has 0 radical (unpaired) electrons. The monoisotopic (exact) mass is 227 g/mol. The molecule has 5 nitrogen and oxygen atoms in total. The number of aliphatic imine (C=N–C) groups is 1. The number of carbonyl (C=O) groups excluding carboxylic acids is 1. The van der Waals surface area contributed by atoms with Gasteiger partial charge < -0.3 is 15.8 Å². The van der Waals surface area contributed by atoms with E-state index in [4.69, 9.17) is 5.73 Å². The number of ether oxygens (including phenoxy) is 1. The zero-order valence-corrected chi connectivity index (χ0v) is 10.0. The summed E-state index contributed by atoms with van der Waals surface area (Å²) in [5, 5.41) is 2.83. The molecule has 1 aliphatic carbocycles. The van der Waals surface area contributed by atoms with Crippen LogP contribution in [0.15, 0.2) is 4.99 Å². The Morgan fingerprint density at radius 2 is 2.06 bits per heavy atom. The number of esters is 1. The summed E-state index contributed by atoms with van der Waals surface area (Å²) in [5.74, 6) is 0.00611. The first-order valence-corrected chi connectivity index (χ1v) is 5.81. The summed E-state index contributed by atoms with van der Waals surface area (Å²) in [6.07, 6.45) is 5.91. The normalized spacial score (nSPS) is 20.2. The summed E-state index contributed by atoms with van der Waals surface area (Å²) < 4.78 is 4.59. The Morgan fingerprint density at radius 1 is 1.44 bits per heavy atom. The topological polar surface area (TPSA) is 76.7 Å². The molecule has 1 aliphatic rings. The third-order valence-corrected chi connectivity index (χ3v) is 2.82. The van der Waals surface area contributed by atoms with E-state index in [0.29, 0.717) is 12.0 Å². The number of nitrogens with two attached hydrogens (primary N) is 1. The van der Waals surface area contributed by atoms with Crippen LogP contribution in [0.4, 0.5) is 0 Å². The summed E-state index contributed by atoms with van der Waals surface area (Å²) in [5.41, 5.74) is 5.73. The Bertz CT molecular complexity index is 260. The highest BCUT2D eigenvalue weighted by atomic mass is 16.5. The minimum Gasteiger partial charge on any atom is -0.467 e. The molecule has 0 aromatic heterocycles. The SMILES string of the molecule is COC(=O)C(C)NC(N)=NC1CCCCC1. The van der Waals surface area contributed by atoms with Gasteiger partial charge in [-0.05, 0) is 19.8 Å². The maximum atomic E-state index is 11.1. The van der Waals surface area contributed by atoms with E-state index in [1.54, 1.807) is 6.92 Å². The number of hydrogen-bond acceptors (Lipinski definition) is 3. The molecule has 1 unspecified atom stereocenters. The van der Waals surface area contributed by atoms with Crippen LogP contribution in [0, 0.1) is 0 Å². The van der Waals surface area contributed by atoms with E-state index in [-0.39, 0.29) is 5.97 Å². The lowest BCUT2D eigenvalue weighted by Gasteiger charge is -2.19. The molecule has 1 saturated carbocycles. The molecular formula is C11H21N3O2. The van der Waals surface area contributed by atoms with Crippen LogP contribution in [-0.4, -0.2) is 31.1 Å². The Balaban J connectivity index is 2.40. The number of nitrogens with zero attached hydrogens (tertiary/aromatic N) is 1. The number of rotatable bonds is 3. The Kier molecular flexibility index (Phi) is 5.08. The molecule has 0 heterocycles. The van der Waals surface area contributed by atoms with Crippen molar-refractivity contribution in [2.75, 3.05) is 7.11 Å². The van der Waals surface area contributed by atoms with Crippen LogP contribution in [0.3, 0.4) is 0 Å². The number of methoxy groups -OCH3 is 1. The van der Waals surface area contributed by atoms with E-state index in [9.17, 15) is 4.79 Å². The number of guanidine groups is 1. The fraction of sp³-hybridized carbons (Fsp3) is 0.818. The van der Waals surface area contributed by atoms with Crippen molar-refractivity contribution in [1.29, 1.82) is 0 Å². The molecule has 0 bridgehead atoms. The lowest BCUT2D eigenvalue weighted by molar-refractivity contribution is -0.142. The van der Waals surface area contributed by atoms with Crippen LogP contribution in [0.1, 0.15) is 39.0 Å². The van der Waals surface area contributed by atoms with E-state index >= 15 is 0 Å². The van der Waals surface area contributed by atoms with Gasteiger partial charge in [-0.1, -0.05) is 19.3 Å². The number of carbonyl (C=O) groups is 1. The molecule has 1 fully saturated rings. The molecule has 0 aromatic rings. The van der Waals surface area contributed by atoms with Crippen LogP contribution in [-0.2, 0) is 9.53 Å². The third-order valence-electron chi connectivity index (χ3n) is 2.82. The van der Waals surface area contributed by atoms with Gasteiger partial charge in [0.15, 0.2) is 5.96 Å². The van der Waals surface area contributed by atoms with Gasteiger partial charge in [-0.3, -0.25) is 4.99 Å². The highest BCUT2D eigenvalue weighted by molar-refractivity contribution is 5.85. The van der Waals surface area contributed by atoms with Crippen molar-refractivity contribution in [3.63, 3.8) is 0 Å². The van der Waals surface area contributed by atoms with Crippen LogP contribution >= 0.6 is 0 Å². The first-order valence-electron chi connectivity index (χ1n) is 5.81. The van der Waals surface area contributed by atoms with Crippen molar-refractivity contribution in [2.24, 2.45) is 10.7 Å². The summed E-state index contributed by atoms with van der Waals surface area (Å²) in [7, 11) is 1.36. The maximum Gasteiger partial charge on any atom is 0.328 e. The van der Waals surface area contributed by atoms with Crippen molar-refractivity contribution < 1.29 is 9.53 Å². The smallest absolute Gasteiger partial charge is 0.328 e. The molecule has 0 spiro atoms. The molecule has 16 heavy (non-hydrogen) atoms. The molecule has 1 rings (SSSR count). The fourth-order valence-corrected chi connectivity index (χ4v) is 1.90. The first kappa shape index (κ1) is 12.8. The van der Waals surface area contributed by atoms with Crippen molar-refractivity contribution in [3.8, 4) is 0 Å². The lowest BCUT2D eigenvalue weighted by atomic mass is 9.96. The average Bonchev–Trinajstić information content (AvgIpc) is 2.29. The van der Waals surface area contributed by atoms with Gasteiger partial charge in [0.05, 0.1) is 13.2 Å². The van der Waals surface area contributed by atoms with E-state index in [2.05, 4.69) is 15.0 Å². The summed E-state index contributed by atoms with van der Waals surface area (Å²) in [4.78, 5) is 15.5. The number of nitrogens with one attached hydrogen (secondary N) is 1. The van der Waals surface area contributed by atoms with Crippen molar-refractivity contribution in [1.82, 2.24) is 5.32 Å². The van der Waals surface area contributed by atoms with Gasteiger partial charge in [0.25, 0.3) is 0 Å². The molecule has 0 amide bonds. The van der Waals surface area contributed by atoms with Gasteiger partial charge >= 0.3 is 5.97 Å². The molecule has 0 aromatic carbocycles. The van der Waals surface area contributed by atoms with Crippen LogP contribution in [0.25, 0.3) is 0 Å². The van der Waals surface area contributed by atoms with E-state index in [1.807, 2.05) is 0 Å². The predicted molar refractivity (Wildman–Crippen MR) is 63.1 cm³/mol. The average molecular weight is 227 g/mol. The minimum absolute atomic E-state index is 0.311. The fourth-order valence-electron chi connectivity index (χ4n) is 1.90. The largest absolute Gasteiger partial charge is 0.467 e. The summed E-state index contributed by atoms with van der Waals surface area (Å²) in [6, 6.07) is -0.136. The molecule has 5 heteroatoms. The Hall–Kier alpha value is -1.26. The van der Waals surface area contributed by atoms with Crippen LogP contribution in [0.5, 0.6) is 0 Å². The maximum absolute atomic E-state index is 11.1. The van der Waals surface area contributed by atoms with Gasteiger partial charge in [0, 0.05) is 0 Å². The second-order valence-corrected chi connectivity index (χ2v) is 4.20. The van der Waals surface area contributed by atoms with Gasteiger partial charge in [-0.25, -0.2) is 4.79 Å². The van der Waals surface area contributed by atoms with Gasteiger partial charge in [0.1, 0.15) is 6.04 Å². The molecule has 0 aliphatic heterocycles.